The quantitative estimate of drug-likeness (QED) is 0.365. The van der Waals surface area contributed by atoms with Crippen LogP contribution in [0.1, 0.15) is 19.3 Å². The van der Waals surface area contributed by atoms with E-state index >= 15 is 0 Å². The third-order valence-corrected chi connectivity index (χ3v) is 5.64. The summed E-state index contributed by atoms with van der Waals surface area (Å²) in [6, 6.07) is 10.6. The topological polar surface area (TPSA) is 67.6 Å². The van der Waals surface area contributed by atoms with Crippen LogP contribution in [-0.2, 0) is 0 Å². The number of aromatic nitrogens is 1. The molecule has 1 aliphatic rings. The second-order valence-corrected chi connectivity index (χ2v) is 7.57. The number of benzene rings is 1. The summed E-state index contributed by atoms with van der Waals surface area (Å²) in [5.74, 6) is -0.141. The maximum atomic E-state index is 13.3. The zero-order valence-electron chi connectivity index (χ0n) is 17.1. The number of para-hydroxylation sites is 1. The van der Waals surface area contributed by atoms with Crippen LogP contribution in [0.2, 0.25) is 0 Å². The van der Waals surface area contributed by atoms with Crippen molar-refractivity contribution >= 4 is 11.0 Å². The predicted molar refractivity (Wildman–Crippen MR) is 114 cm³/mol. The maximum absolute atomic E-state index is 13.3. The second-order valence-electron chi connectivity index (χ2n) is 7.57. The Labute approximate surface area is 174 Å². The number of piperidine rings is 1. The zero-order valence-corrected chi connectivity index (χ0v) is 17.1. The first kappa shape index (κ1) is 20.5. The van der Waals surface area contributed by atoms with E-state index < -0.39 is 11.6 Å². The van der Waals surface area contributed by atoms with Crippen LogP contribution in [0.4, 0.5) is 4.39 Å². The van der Waals surface area contributed by atoms with Crippen molar-refractivity contribution in [2.24, 2.45) is 0 Å². The van der Waals surface area contributed by atoms with Gasteiger partial charge in [0.2, 0.25) is 5.95 Å². The van der Waals surface area contributed by atoms with Crippen molar-refractivity contribution in [3.63, 3.8) is 0 Å². The minimum atomic E-state index is -0.603. The molecule has 0 aliphatic carbocycles. The molecule has 4 rings (SSSR count). The highest BCUT2D eigenvalue weighted by Crippen LogP contribution is 2.34. The van der Waals surface area contributed by atoms with Crippen LogP contribution in [-0.4, -0.2) is 49.2 Å². The summed E-state index contributed by atoms with van der Waals surface area (Å²) in [5.41, 5.74) is 0.688. The van der Waals surface area contributed by atoms with Gasteiger partial charge in [-0.25, -0.2) is 9.78 Å². The molecular formula is C23H26FN3O3. The van der Waals surface area contributed by atoms with Gasteiger partial charge >= 0.3 is 5.63 Å². The first-order valence-corrected chi connectivity index (χ1v) is 10.4. The number of likely N-dealkylation sites (tertiary alicyclic amines) is 1. The minimum absolute atomic E-state index is 0.274. The van der Waals surface area contributed by atoms with Crippen molar-refractivity contribution in [3.05, 3.63) is 59.0 Å². The molecule has 0 spiro atoms. The highest BCUT2D eigenvalue weighted by molar-refractivity contribution is 5.90. The highest BCUT2D eigenvalue weighted by atomic mass is 19.1. The molecule has 1 fully saturated rings. The lowest BCUT2D eigenvalue weighted by Crippen LogP contribution is -2.41. The fourth-order valence-electron chi connectivity index (χ4n) is 3.95. The lowest BCUT2D eigenvalue weighted by atomic mass is 10.1. The fourth-order valence-corrected chi connectivity index (χ4v) is 3.95. The van der Waals surface area contributed by atoms with E-state index in [1.807, 2.05) is 25.2 Å². The average Bonchev–Trinajstić information content (AvgIpc) is 2.77. The van der Waals surface area contributed by atoms with Crippen LogP contribution in [0.3, 0.4) is 0 Å². The summed E-state index contributed by atoms with van der Waals surface area (Å²) in [5, 5.41) is 4.06. The summed E-state index contributed by atoms with van der Waals surface area (Å²) in [6.45, 7) is 3.58. The predicted octanol–water partition coefficient (Wildman–Crippen LogP) is 3.45. The van der Waals surface area contributed by atoms with Crippen molar-refractivity contribution in [1.29, 1.82) is 0 Å². The van der Waals surface area contributed by atoms with Crippen LogP contribution in [0.25, 0.3) is 22.1 Å². The monoisotopic (exact) mass is 411 g/mol. The van der Waals surface area contributed by atoms with Gasteiger partial charge in [-0.1, -0.05) is 12.1 Å². The largest absolute Gasteiger partial charge is 0.492 e. The molecule has 1 saturated heterocycles. The standard InChI is InChI=1S/C23H26FN3O3/c1-25-17-9-12-27(13-10-17)11-4-14-29-22-18-5-2-3-6-19(18)30-23(28)21(22)16-7-8-20(24)26-15-16/h2-3,5-8,15,17,25H,4,9-14H2,1H3. The van der Waals surface area contributed by atoms with Gasteiger partial charge in [0, 0.05) is 24.3 Å². The molecule has 0 radical (unpaired) electrons. The van der Waals surface area contributed by atoms with E-state index in [2.05, 4.69) is 15.2 Å². The van der Waals surface area contributed by atoms with Crippen LogP contribution in [0.5, 0.6) is 5.75 Å². The number of rotatable bonds is 7. The Morgan fingerprint density at radius 3 is 2.77 bits per heavy atom. The van der Waals surface area contributed by atoms with Gasteiger partial charge in [-0.05, 0) is 63.7 Å². The number of fused-ring (bicyclic) bond motifs is 1. The van der Waals surface area contributed by atoms with Crippen LogP contribution in [0.15, 0.2) is 51.8 Å². The molecule has 2 aromatic heterocycles. The van der Waals surface area contributed by atoms with Gasteiger partial charge in [-0.3, -0.25) is 0 Å². The van der Waals surface area contributed by atoms with Crippen molar-refractivity contribution in [2.45, 2.75) is 25.3 Å². The molecular weight excluding hydrogens is 385 g/mol. The third-order valence-electron chi connectivity index (χ3n) is 5.64. The average molecular weight is 411 g/mol. The van der Waals surface area contributed by atoms with E-state index in [9.17, 15) is 9.18 Å². The van der Waals surface area contributed by atoms with Crippen LogP contribution >= 0.6 is 0 Å². The second kappa shape index (κ2) is 9.36. The lowest BCUT2D eigenvalue weighted by molar-refractivity contribution is 0.185. The zero-order chi connectivity index (χ0) is 20.9. The number of pyridine rings is 1. The summed E-state index contributed by atoms with van der Waals surface area (Å²) >= 11 is 0. The summed E-state index contributed by atoms with van der Waals surface area (Å²) in [4.78, 5) is 18.8. The van der Waals surface area contributed by atoms with Gasteiger partial charge in [-0.2, -0.15) is 4.39 Å². The molecule has 6 nitrogen and oxygen atoms in total. The first-order chi connectivity index (χ1) is 14.7. The molecule has 0 bridgehead atoms. The number of nitrogens with zero attached hydrogens (tertiary/aromatic N) is 2. The van der Waals surface area contributed by atoms with E-state index in [1.54, 1.807) is 6.07 Å². The van der Waals surface area contributed by atoms with Gasteiger partial charge < -0.3 is 19.4 Å². The van der Waals surface area contributed by atoms with Gasteiger partial charge in [0.05, 0.1) is 12.0 Å². The van der Waals surface area contributed by atoms with Gasteiger partial charge in [-0.15, -0.1) is 0 Å². The van der Waals surface area contributed by atoms with E-state index in [0.29, 0.717) is 34.9 Å². The van der Waals surface area contributed by atoms with E-state index in [1.165, 1.54) is 18.3 Å². The maximum Gasteiger partial charge on any atom is 0.348 e. The van der Waals surface area contributed by atoms with Crippen LogP contribution < -0.4 is 15.7 Å². The number of ether oxygens (including phenoxy) is 1. The molecule has 158 valence electrons. The molecule has 1 aliphatic heterocycles. The molecule has 1 N–H and O–H groups in total. The Kier molecular flexibility index (Phi) is 6.40. The van der Waals surface area contributed by atoms with Gasteiger partial charge in [0.15, 0.2) is 0 Å². The fraction of sp³-hybridized carbons (Fsp3) is 0.391. The number of hydrogen-bond donors (Lipinski definition) is 1. The van der Waals surface area contributed by atoms with Gasteiger partial charge in [0.25, 0.3) is 0 Å². The number of halogens is 1. The molecule has 0 amide bonds. The van der Waals surface area contributed by atoms with E-state index in [0.717, 1.165) is 38.9 Å². The molecule has 1 aromatic carbocycles. The van der Waals surface area contributed by atoms with Crippen molar-refractivity contribution < 1.29 is 13.5 Å². The molecule has 0 unspecified atom stereocenters. The SMILES string of the molecule is CNC1CCN(CCCOc2c(-c3ccc(F)nc3)c(=O)oc3ccccc23)CC1. The molecule has 3 aromatic rings. The van der Waals surface area contributed by atoms with Crippen molar-refractivity contribution in [3.8, 4) is 16.9 Å². The lowest BCUT2D eigenvalue weighted by Gasteiger charge is -2.31. The Bertz CT molecular complexity index is 1040. The molecule has 0 atom stereocenters. The van der Waals surface area contributed by atoms with Crippen molar-refractivity contribution in [2.75, 3.05) is 33.3 Å². The Hall–Kier alpha value is -2.77. The van der Waals surface area contributed by atoms with Crippen molar-refractivity contribution in [1.82, 2.24) is 15.2 Å². The number of nitrogens with one attached hydrogen (secondary N) is 1. The summed E-state index contributed by atoms with van der Waals surface area (Å²) in [6.07, 6.45) is 4.49. The molecule has 7 heteroatoms. The Balaban J connectivity index is 1.52. The van der Waals surface area contributed by atoms with Crippen LogP contribution in [0, 0.1) is 5.95 Å². The highest BCUT2D eigenvalue weighted by Gasteiger charge is 2.20. The van der Waals surface area contributed by atoms with E-state index in [-0.39, 0.29) is 5.56 Å². The first-order valence-electron chi connectivity index (χ1n) is 10.4. The van der Waals surface area contributed by atoms with Gasteiger partial charge in [0.1, 0.15) is 16.9 Å². The number of hydrogen-bond acceptors (Lipinski definition) is 6. The molecule has 0 saturated carbocycles. The molecule has 3 heterocycles. The summed E-state index contributed by atoms with van der Waals surface area (Å²) in [7, 11) is 2.02. The Morgan fingerprint density at radius 2 is 2.03 bits per heavy atom. The third kappa shape index (κ3) is 4.52. The molecule has 30 heavy (non-hydrogen) atoms. The summed E-state index contributed by atoms with van der Waals surface area (Å²) < 4.78 is 24.9. The minimum Gasteiger partial charge on any atom is -0.492 e. The normalized spacial score (nSPS) is 15.5. The smallest absolute Gasteiger partial charge is 0.348 e. The Morgan fingerprint density at radius 1 is 1.23 bits per heavy atom. The van der Waals surface area contributed by atoms with E-state index in [4.69, 9.17) is 9.15 Å².